The van der Waals surface area contributed by atoms with Crippen molar-refractivity contribution < 1.29 is 18.8 Å². The van der Waals surface area contributed by atoms with Crippen molar-refractivity contribution in [3.05, 3.63) is 11.8 Å². The van der Waals surface area contributed by atoms with Crippen molar-refractivity contribution in [1.82, 2.24) is 15.4 Å². The fourth-order valence-electron chi connectivity index (χ4n) is 2.30. The fourth-order valence-corrected chi connectivity index (χ4v) is 2.30. The zero-order chi connectivity index (χ0) is 15.5. The summed E-state index contributed by atoms with van der Waals surface area (Å²) in [6.07, 6.45) is 0. The standard InChI is InChI=1S/C13H20N4O4/c1-9-6-10(16-21-9)15-11(18)7-17-4-5-20-13(2,8-17)12(19)14-3/h6H,4-5,7-8H2,1-3H3,(H,14,19)(H,15,16,18)/t13-/m1/s1. The second-order valence-electron chi connectivity index (χ2n) is 5.24. The summed E-state index contributed by atoms with van der Waals surface area (Å²) in [7, 11) is 1.56. The number of morpholine rings is 1. The van der Waals surface area contributed by atoms with Crippen LogP contribution in [0.5, 0.6) is 0 Å². The molecule has 116 valence electrons. The molecule has 1 fully saturated rings. The van der Waals surface area contributed by atoms with Crippen LogP contribution in [0.2, 0.25) is 0 Å². The molecule has 0 aromatic carbocycles. The lowest BCUT2D eigenvalue weighted by molar-refractivity contribution is -0.156. The minimum atomic E-state index is -0.933. The third-order valence-corrected chi connectivity index (χ3v) is 3.32. The number of nitrogens with one attached hydrogen (secondary N) is 2. The number of ether oxygens (including phenoxy) is 1. The third-order valence-electron chi connectivity index (χ3n) is 3.32. The lowest BCUT2D eigenvalue weighted by atomic mass is 10.0. The van der Waals surface area contributed by atoms with Crippen LogP contribution >= 0.6 is 0 Å². The summed E-state index contributed by atoms with van der Waals surface area (Å²) < 4.78 is 10.4. The highest BCUT2D eigenvalue weighted by Gasteiger charge is 2.39. The van der Waals surface area contributed by atoms with Gasteiger partial charge in [-0.15, -0.1) is 0 Å². The molecule has 0 aliphatic carbocycles. The summed E-state index contributed by atoms with van der Waals surface area (Å²) in [5, 5.41) is 8.94. The van der Waals surface area contributed by atoms with Crippen LogP contribution in [0.4, 0.5) is 5.82 Å². The first-order valence-electron chi connectivity index (χ1n) is 6.74. The first-order chi connectivity index (χ1) is 9.93. The number of aryl methyl sites for hydroxylation is 1. The van der Waals surface area contributed by atoms with Gasteiger partial charge in [0.25, 0.3) is 5.91 Å². The molecule has 2 heterocycles. The molecule has 21 heavy (non-hydrogen) atoms. The molecule has 2 N–H and O–H groups in total. The van der Waals surface area contributed by atoms with Crippen LogP contribution in [0.15, 0.2) is 10.6 Å². The molecule has 0 spiro atoms. The number of hydrogen-bond donors (Lipinski definition) is 2. The second-order valence-corrected chi connectivity index (χ2v) is 5.24. The Bertz CT molecular complexity index is 530. The molecule has 0 bridgehead atoms. The van der Waals surface area contributed by atoms with Gasteiger partial charge in [-0.2, -0.15) is 0 Å². The van der Waals surface area contributed by atoms with Gasteiger partial charge in [-0.1, -0.05) is 5.16 Å². The summed E-state index contributed by atoms with van der Waals surface area (Å²) in [5.41, 5.74) is -0.933. The zero-order valence-electron chi connectivity index (χ0n) is 12.4. The van der Waals surface area contributed by atoms with Gasteiger partial charge in [0.1, 0.15) is 5.76 Å². The molecular weight excluding hydrogens is 276 g/mol. The predicted molar refractivity (Wildman–Crippen MR) is 74.7 cm³/mol. The molecule has 1 aliphatic heterocycles. The molecule has 0 radical (unpaired) electrons. The average Bonchev–Trinajstić information content (AvgIpc) is 2.83. The largest absolute Gasteiger partial charge is 0.363 e. The highest BCUT2D eigenvalue weighted by Crippen LogP contribution is 2.17. The molecule has 1 atom stereocenters. The second kappa shape index (κ2) is 6.23. The number of carbonyl (C=O) groups is 2. The van der Waals surface area contributed by atoms with E-state index in [1.807, 2.05) is 4.90 Å². The Morgan fingerprint density at radius 1 is 1.52 bits per heavy atom. The summed E-state index contributed by atoms with van der Waals surface area (Å²) in [5.74, 6) is 0.618. The maximum absolute atomic E-state index is 12.0. The van der Waals surface area contributed by atoms with Crippen LogP contribution in [0, 0.1) is 6.92 Å². The fraction of sp³-hybridized carbons (Fsp3) is 0.615. The Hall–Kier alpha value is -1.93. The van der Waals surface area contributed by atoms with Gasteiger partial charge in [-0.25, -0.2) is 0 Å². The maximum Gasteiger partial charge on any atom is 0.253 e. The highest BCUT2D eigenvalue weighted by molar-refractivity contribution is 5.91. The number of likely N-dealkylation sites (N-methyl/N-ethyl adjacent to an activating group) is 1. The Balaban J connectivity index is 1.90. The van der Waals surface area contributed by atoms with E-state index in [4.69, 9.17) is 9.26 Å². The van der Waals surface area contributed by atoms with Gasteiger partial charge in [0.2, 0.25) is 5.91 Å². The maximum atomic E-state index is 12.0. The van der Waals surface area contributed by atoms with E-state index < -0.39 is 5.60 Å². The van der Waals surface area contributed by atoms with Crippen LogP contribution < -0.4 is 10.6 Å². The molecule has 2 rings (SSSR count). The van der Waals surface area contributed by atoms with Gasteiger partial charge in [-0.05, 0) is 13.8 Å². The van der Waals surface area contributed by atoms with E-state index in [1.165, 1.54) is 0 Å². The Labute approximate surface area is 122 Å². The third kappa shape index (κ3) is 3.79. The van der Waals surface area contributed by atoms with Gasteiger partial charge >= 0.3 is 0 Å². The minimum Gasteiger partial charge on any atom is -0.363 e. The van der Waals surface area contributed by atoms with Gasteiger partial charge < -0.3 is 19.9 Å². The molecule has 8 nitrogen and oxygen atoms in total. The molecule has 1 aromatic heterocycles. The van der Waals surface area contributed by atoms with E-state index in [1.54, 1.807) is 27.0 Å². The number of anilines is 1. The van der Waals surface area contributed by atoms with Gasteiger partial charge in [0.15, 0.2) is 11.4 Å². The SMILES string of the molecule is CNC(=O)[C@@]1(C)CN(CC(=O)Nc2cc(C)on2)CCO1. The van der Waals surface area contributed by atoms with Gasteiger partial charge in [0.05, 0.1) is 13.2 Å². The van der Waals surface area contributed by atoms with E-state index in [2.05, 4.69) is 15.8 Å². The highest BCUT2D eigenvalue weighted by atomic mass is 16.5. The quantitative estimate of drug-likeness (QED) is 0.796. The van der Waals surface area contributed by atoms with Crippen LogP contribution in [-0.4, -0.2) is 60.8 Å². The van der Waals surface area contributed by atoms with Crippen LogP contribution in [0.1, 0.15) is 12.7 Å². The molecule has 1 aromatic rings. The first kappa shape index (κ1) is 15.5. The molecule has 8 heteroatoms. The number of amides is 2. The van der Waals surface area contributed by atoms with Crippen LogP contribution in [-0.2, 0) is 14.3 Å². The summed E-state index contributed by atoms with van der Waals surface area (Å²) in [6.45, 7) is 4.99. The van der Waals surface area contributed by atoms with Crippen molar-refractivity contribution in [1.29, 1.82) is 0 Å². The lowest BCUT2D eigenvalue weighted by Crippen LogP contribution is -2.58. The van der Waals surface area contributed by atoms with E-state index in [9.17, 15) is 9.59 Å². The monoisotopic (exact) mass is 296 g/mol. The van der Waals surface area contributed by atoms with Crippen molar-refractivity contribution >= 4 is 17.6 Å². The smallest absolute Gasteiger partial charge is 0.253 e. The molecular formula is C13H20N4O4. The van der Waals surface area contributed by atoms with Crippen molar-refractivity contribution in [3.8, 4) is 0 Å². The molecule has 0 unspecified atom stereocenters. The number of carbonyl (C=O) groups excluding carboxylic acids is 2. The van der Waals surface area contributed by atoms with Crippen LogP contribution in [0.25, 0.3) is 0 Å². The normalized spacial score (nSPS) is 22.8. The Morgan fingerprint density at radius 2 is 2.29 bits per heavy atom. The molecule has 2 amide bonds. The van der Waals surface area contributed by atoms with Gasteiger partial charge in [-0.3, -0.25) is 14.5 Å². The van der Waals surface area contributed by atoms with Crippen molar-refractivity contribution in [2.75, 3.05) is 38.6 Å². The number of aromatic nitrogens is 1. The zero-order valence-corrected chi connectivity index (χ0v) is 12.4. The number of hydrogen-bond acceptors (Lipinski definition) is 6. The molecule has 0 saturated carbocycles. The minimum absolute atomic E-state index is 0.169. The van der Waals surface area contributed by atoms with Crippen molar-refractivity contribution in [2.24, 2.45) is 0 Å². The number of nitrogens with zero attached hydrogens (tertiary/aromatic N) is 2. The van der Waals surface area contributed by atoms with E-state index in [-0.39, 0.29) is 18.4 Å². The summed E-state index contributed by atoms with van der Waals surface area (Å²) in [6, 6.07) is 1.64. The summed E-state index contributed by atoms with van der Waals surface area (Å²) in [4.78, 5) is 25.7. The van der Waals surface area contributed by atoms with Gasteiger partial charge in [0, 0.05) is 26.2 Å². The van der Waals surface area contributed by atoms with Crippen LogP contribution in [0.3, 0.4) is 0 Å². The van der Waals surface area contributed by atoms with Crippen molar-refractivity contribution in [2.45, 2.75) is 19.4 Å². The summed E-state index contributed by atoms with van der Waals surface area (Å²) >= 11 is 0. The van der Waals surface area contributed by atoms with E-state index >= 15 is 0 Å². The Morgan fingerprint density at radius 3 is 2.90 bits per heavy atom. The number of rotatable bonds is 4. The average molecular weight is 296 g/mol. The Kier molecular flexibility index (Phi) is 4.59. The van der Waals surface area contributed by atoms with E-state index in [0.717, 1.165) is 0 Å². The lowest BCUT2D eigenvalue weighted by Gasteiger charge is -2.38. The topological polar surface area (TPSA) is 96.7 Å². The predicted octanol–water partition coefficient (Wildman–Crippen LogP) is -0.242. The molecule has 1 saturated heterocycles. The first-order valence-corrected chi connectivity index (χ1v) is 6.74. The molecule has 1 aliphatic rings. The van der Waals surface area contributed by atoms with Crippen molar-refractivity contribution in [3.63, 3.8) is 0 Å². The van der Waals surface area contributed by atoms with E-state index in [0.29, 0.717) is 31.3 Å².